The molecule has 2 aromatic carbocycles. The standard InChI is InChI=1S/C18H22N2/c1-2-6-16(7-3-1)12-13-19-17-8-10-18(11-9-17)20-14-4-5-15-20/h1-3,6-11,19H,4-5,12-15H2. The topological polar surface area (TPSA) is 15.3 Å². The molecule has 0 atom stereocenters. The van der Waals surface area contributed by atoms with E-state index in [4.69, 9.17) is 0 Å². The fourth-order valence-corrected chi connectivity index (χ4v) is 2.76. The van der Waals surface area contributed by atoms with Crippen LogP contribution < -0.4 is 10.2 Å². The lowest BCUT2D eigenvalue weighted by Gasteiger charge is -2.18. The first-order valence-electron chi connectivity index (χ1n) is 7.55. The van der Waals surface area contributed by atoms with Crippen LogP contribution in [0.25, 0.3) is 0 Å². The van der Waals surface area contributed by atoms with Crippen molar-refractivity contribution in [1.82, 2.24) is 0 Å². The maximum absolute atomic E-state index is 3.49. The van der Waals surface area contributed by atoms with Crippen molar-refractivity contribution in [2.75, 3.05) is 29.9 Å². The molecule has 104 valence electrons. The van der Waals surface area contributed by atoms with Crippen molar-refractivity contribution in [3.05, 3.63) is 60.2 Å². The maximum atomic E-state index is 3.49. The van der Waals surface area contributed by atoms with Crippen molar-refractivity contribution in [3.63, 3.8) is 0 Å². The molecule has 0 saturated carbocycles. The van der Waals surface area contributed by atoms with Crippen molar-refractivity contribution in [3.8, 4) is 0 Å². The molecule has 1 fully saturated rings. The van der Waals surface area contributed by atoms with Gasteiger partial charge >= 0.3 is 0 Å². The first kappa shape index (κ1) is 13.0. The van der Waals surface area contributed by atoms with Gasteiger partial charge < -0.3 is 10.2 Å². The van der Waals surface area contributed by atoms with Crippen LogP contribution >= 0.6 is 0 Å². The smallest absolute Gasteiger partial charge is 0.0367 e. The number of rotatable bonds is 5. The molecule has 0 aromatic heterocycles. The van der Waals surface area contributed by atoms with E-state index < -0.39 is 0 Å². The minimum atomic E-state index is 0.979. The van der Waals surface area contributed by atoms with Gasteiger partial charge in [0.15, 0.2) is 0 Å². The Labute approximate surface area is 121 Å². The monoisotopic (exact) mass is 266 g/mol. The molecule has 1 aliphatic rings. The Bertz CT molecular complexity index is 513. The van der Waals surface area contributed by atoms with Crippen LogP contribution in [-0.2, 0) is 6.42 Å². The Balaban J connectivity index is 1.50. The van der Waals surface area contributed by atoms with Crippen molar-refractivity contribution in [2.45, 2.75) is 19.3 Å². The molecule has 1 heterocycles. The first-order chi connectivity index (χ1) is 9.92. The molecule has 0 radical (unpaired) electrons. The van der Waals surface area contributed by atoms with Gasteiger partial charge in [0.2, 0.25) is 0 Å². The number of hydrogen-bond acceptors (Lipinski definition) is 2. The number of hydrogen-bond donors (Lipinski definition) is 1. The minimum Gasteiger partial charge on any atom is -0.385 e. The summed E-state index contributed by atoms with van der Waals surface area (Å²) in [5.41, 5.74) is 3.95. The minimum absolute atomic E-state index is 0.979. The molecule has 1 N–H and O–H groups in total. The molecule has 2 nitrogen and oxygen atoms in total. The fourth-order valence-electron chi connectivity index (χ4n) is 2.76. The van der Waals surface area contributed by atoms with E-state index in [1.54, 1.807) is 0 Å². The van der Waals surface area contributed by atoms with Gasteiger partial charge in [-0.25, -0.2) is 0 Å². The zero-order chi connectivity index (χ0) is 13.6. The van der Waals surface area contributed by atoms with Gasteiger partial charge in [-0.15, -0.1) is 0 Å². The maximum Gasteiger partial charge on any atom is 0.0367 e. The number of nitrogens with zero attached hydrogens (tertiary/aromatic N) is 1. The van der Waals surface area contributed by atoms with Crippen molar-refractivity contribution >= 4 is 11.4 Å². The lowest BCUT2D eigenvalue weighted by molar-refractivity contribution is 0.949. The van der Waals surface area contributed by atoms with Gasteiger partial charge in [-0.3, -0.25) is 0 Å². The van der Waals surface area contributed by atoms with Crippen LogP contribution in [0.4, 0.5) is 11.4 Å². The molecule has 0 amide bonds. The SMILES string of the molecule is c1ccc(CCNc2ccc(N3CCCC3)cc2)cc1. The lowest BCUT2D eigenvalue weighted by Crippen LogP contribution is -2.17. The van der Waals surface area contributed by atoms with Crippen LogP contribution in [0, 0.1) is 0 Å². The summed E-state index contributed by atoms with van der Waals surface area (Å²) >= 11 is 0. The largest absolute Gasteiger partial charge is 0.385 e. The molecular weight excluding hydrogens is 244 g/mol. The highest BCUT2D eigenvalue weighted by Crippen LogP contribution is 2.21. The Morgan fingerprint density at radius 3 is 2.25 bits per heavy atom. The predicted molar refractivity (Wildman–Crippen MR) is 86.5 cm³/mol. The molecule has 1 saturated heterocycles. The van der Waals surface area contributed by atoms with E-state index in [-0.39, 0.29) is 0 Å². The highest BCUT2D eigenvalue weighted by Gasteiger charge is 2.11. The second kappa shape index (κ2) is 6.47. The van der Waals surface area contributed by atoms with E-state index in [0.717, 1.165) is 13.0 Å². The van der Waals surface area contributed by atoms with Gasteiger partial charge in [0.25, 0.3) is 0 Å². The fraction of sp³-hybridized carbons (Fsp3) is 0.333. The van der Waals surface area contributed by atoms with E-state index in [1.807, 2.05) is 0 Å². The second-order valence-corrected chi connectivity index (χ2v) is 5.40. The Kier molecular flexibility index (Phi) is 4.22. The summed E-state index contributed by atoms with van der Waals surface area (Å²) in [7, 11) is 0. The third-order valence-electron chi connectivity index (χ3n) is 3.92. The van der Waals surface area contributed by atoms with Crippen molar-refractivity contribution < 1.29 is 0 Å². The molecule has 20 heavy (non-hydrogen) atoms. The molecule has 3 rings (SSSR count). The lowest BCUT2D eigenvalue weighted by atomic mass is 10.1. The predicted octanol–water partition coefficient (Wildman–Crippen LogP) is 3.94. The van der Waals surface area contributed by atoms with Gasteiger partial charge in [-0.2, -0.15) is 0 Å². The quantitative estimate of drug-likeness (QED) is 0.881. The molecular formula is C18H22N2. The third-order valence-corrected chi connectivity index (χ3v) is 3.92. The number of anilines is 2. The van der Waals surface area contributed by atoms with Crippen LogP contribution in [0.3, 0.4) is 0 Å². The molecule has 2 heteroatoms. The number of nitrogens with one attached hydrogen (secondary N) is 1. The summed E-state index contributed by atoms with van der Waals surface area (Å²) in [4.78, 5) is 2.47. The zero-order valence-electron chi connectivity index (χ0n) is 11.9. The van der Waals surface area contributed by atoms with Gasteiger partial charge in [0, 0.05) is 31.0 Å². The molecule has 0 unspecified atom stereocenters. The molecule has 1 aliphatic heterocycles. The van der Waals surface area contributed by atoms with E-state index >= 15 is 0 Å². The summed E-state index contributed by atoms with van der Waals surface area (Å²) < 4.78 is 0. The zero-order valence-corrected chi connectivity index (χ0v) is 11.9. The highest BCUT2D eigenvalue weighted by atomic mass is 15.1. The molecule has 0 aliphatic carbocycles. The van der Waals surface area contributed by atoms with Crippen LogP contribution in [0.2, 0.25) is 0 Å². The average molecular weight is 266 g/mol. The normalized spacial score (nSPS) is 14.5. The van der Waals surface area contributed by atoms with E-state index in [9.17, 15) is 0 Å². The van der Waals surface area contributed by atoms with E-state index in [0.29, 0.717) is 0 Å². The summed E-state index contributed by atoms with van der Waals surface area (Å²) in [6.07, 6.45) is 3.73. The molecule has 2 aromatic rings. The van der Waals surface area contributed by atoms with Gasteiger partial charge in [-0.05, 0) is 49.1 Å². The second-order valence-electron chi connectivity index (χ2n) is 5.40. The van der Waals surface area contributed by atoms with Crippen LogP contribution in [-0.4, -0.2) is 19.6 Å². The van der Waals surface area contributed by atoms with Gasteiger partial charge in [-0.1, -0.05) is 30.3 Å². The summed E-state index contributed by atoms with van der Waals surface area (Å²) in [5, 5.41) is 3.49. The number of benzene rings is 2. The Hall–Kier alpha value is -1.96. The molecule has 0 spiro atoms. The van der Waals surface area contributed by atoms with Crippen molar-refractivity contribution in [2.24, 2.45) is 0 Å². The van der Waals surface area contributed by atoms with Gasteiger partial charge in [0.05, 0.1) is 0 Å². The van der Waals surface area contributed by atoms with Crippen LogP contribution in [0.5, 0.6) is 0 Å². The average Bonchev–Trinajstić information content (AvgIpc) is 3.03. The van der Waals surface area contributed by atoms with Crippen molar-refractivity contribution in [1.29, 1.82) is 0 Å². The van der Waals surface area contributed by atoms with Gasteiger partial charge in [0.1, 0.15) is 0 Å². The summed E-state index contributed by atoms with van der Waals surface area (Å²) in [5.74, 6) is 0. The van der Waals surface area contributed by atoms with Crippen LogP contribution in [0.15, 0.2) is 54.6 Å². The highest BCUT2D eigenvalue weighted by molar-refractivity contribution is 5.55. The molecule has 0 bridgehead atoms. The summed E-state index contributed by atoms with van der Waals surface area (Å²) in [6.45, 7) is 3.40. The Morgan fingerprint density at radius 2 is 1.55 bits per heavy atom. The third kappa shape index (κ3) is 3.32. The van der Waals surface area contributed by atoms with E-state index in [1.165, 1.54) is 42.9 Å². The Morgan fingerprint density at radius 1 is 0.850 bits per heavy atom. The van der Waals surface area contributed by atoms with E-state index in [2.05, 4.69) is 64.8 Å². The van der Waals surface area contributed by atoms with Crippen LogP contribution in [0.1, 0.15) is 18.4 Å². The summed E-state index contributed by atoms with van der Waals surface area (Å²) in [6, 6.07) is 19.5. The first-order valence-corrected chi connectivity index (χ1v) is 7.55.